The van der Waals surface area contributed by atoms with Crippen molar-refractivity contribution in [1.82, 2.24) is 9.88 Å². The van der Waals surface area contributed by atoms with Gasteiger partial charge in [0.05, 0.1) is 0 Å². The topological polar surface area (TPSA) is 78.3 Å². The summed E-state index contributed by atoms with van der Waals surface area (Å²) in [7, 11) is 0. The Morgan fingerprint density at radius 2 is 1.85 bits per heavy atom. The zero-order chi connectivity index (χ0) is 23.7. The van der Waals surface area contributed by atoms with E-state index in [0.29, 0.717) is 29.5 Å². The molecule has 1 aliphatic heterocycles. The number of H-pyrrole nitrogens is 1. The first-order chi connectivity index (χ1) is 16.5. The summed E-state index contributed by atoms with van der Waals surface area (Å²) in [6.07, 6.45) is 0.263. The van der Waals surface area contributed by atoms with E-state index in [9.17, 15) is 4.79 Å². The zero-order valence-corrected chi connectivity index (χ0v) is 19.3. The number of aryl methyl sites for hydroxylation is 1. The van der Waals surface area contributed by atoms with E-state index in [2.05, 4.69) is 4.98 Å². The van der Waals surface area contributed by atoms with Crippen LogP contribution in [-0.4, -0.2) is 29.1 Å². The van der Waals surface area contributed by atoms with Crippen molar-refractivity contribution < 1.29 is 14.3 Å². The van der Waals surface area contributed by atoms with Crippen molar-refractivity contribution in [2.45, 2.75) is 19.4 Å². The molecule has 1 unspecified atom stereocenters. The summed E-state index contributed by atoms with van der Waals surface area (Å²) in [5.74, 6) is 1.10. The summed E-state index contributed by atoms with van der Waals surface area (Å²) in [5, 5.41) is 10.5. The monoisotopic (exact) mass is 471 g/mol. The van der Waals surface area contributed by atoms with Gasteiger partial charge in [-0.1, -0.05) is 41.4 Å². The molecule has 170 valence electrons. The van der Waals surface area contributed by atoms with Crippen LogP contribution in [0.3, 0.4) is 0 Å². The Labute approximate surface area is 202 Å². The van der Waals surface area contributed by atoms with Gasteiger partial charge in [-0.3, -0.25) is 4.90 Å². The Hall–Kier alpha value is -3.95. The third-order valence-corrected chi connectivity index (χ3v) is 6.28. The number of aromatic amines is 1. The van der Waals surface area contributed by atoms with E-state index in [1.807, 2.05) is 67.6 Å². The van der Waals surface area contributed by atoms with Crippen LogP contribution in [0.5, 0.6) is 11.5 Å². The highest BCUT2D eigenvalue weighted by Gasteiger charge is 2.35. The quantitative estimate of drug-likeness (QED) is 0.385. The molecule has 0 fully saturated rings. The second-order valence-corrected chi connectivity index (χ2v) is 8.69. The maximum atomic E-state index is 13.3. The van der Waals surface area contributed by atoms with Crippen molar-refractivity contribution >= 4 is 28.6 Å². The molecule has 6 nitrogen and oxygen atoms in total. The fraction of sp³-hybridized carbons (Fsp3) is 0.185. The minimum atomic E-state index is -0.416. The van der Waals surface area contributed by atoms with Crippen molar-refractivity contribution in [2.75, 3.05) is 13.2 Å². The Bertz CT molecular complexity index is 1390. The summed E-state index contributed by atoms with van der Waals surface area (Å²) in [4.78, 5) is 18.6. The lowest BCUT2D eigenvalue weighted by Gasteiger charge is -2.35. The lowest BCUT2D eigenvalue weighted by molar-refractivity contribution is 0.135. The number of carbonyl (C=O) groups is 1. The lowest BCUT2D eigenvalue weighted by atomic mass is 9.92. The van der Waals surface area contributed by atoms with E-state index in [4.69, 9.17) is 26.3 Å². The molecule has 0 saturated heterocycles. The smallest absolute Gasteiger partial charge is 0.416 e. The van der Waals surface area contributed by atoms with Crippen molar-refractivity contribution in [2.24, 2.45) is 0 Å². The molecular formula is C27H22ClN3O3. The largest absolute Gasteiger partial charge is 0.479 e. The summed E-state index contributed by atoms with van der Waals surface area (Å²) in [5.41, 5.74) is 5.06. The molecule has 0 spiro atoms. The highest BCUT2D eigenvalue weighted by atomic mass is 35.5. The normalized spacial score (nSPS) is 15.0. The Morgan fingerprint density at radius 3 is 2.59 bits per heavy atom. The van der Waals surface area contributed by atoms with Gasteiger partial charge in [-0.15, -0.1) is 0 Å². The maximum absolute atomic E-state index is 13.3. The molecule has 34 heavy (non-hydrogen) atoms. The van der Waals surface area contributed by atoms with E-state index in [1.165, 1.54) is 0 Å². The maximum Gasteiger partial charge on any atom is 0.416 e. The summed E-state index contributed by atoms with van der Waals surface area (Å²) >= 11 is 6.28. The number of aromatic nitrogens is 1. The Morgan fingerprint density at radius 1 is 1.12 bits per heavy atom. The first kappa shape index (κ1) is 21.9. The Balaban J connectivity index is 1.54. The third-order valence-electron chi connectivity index (χ3n) is 6.05. The molecule has 3 aromatic carbocycles. The predicted octanol–water partition coefficient (Wildman–Crippen LogP) is 6.18. The predicted molar refractivity (Wildman–Crippen MR) is 130 cm³/mol. The van der Waals surface area contributed by atoms with Gasteiger partial charge in [0.15, 0.2) is 6.61 Å². The summed E-state index contributed by atoms with van der Waals surface area (Å²) < 4.78 is 11.1. The minimum absolute atomic E-state index is 0.0231. The van der Waals surface area contributed by atoms with Gasteiger partial charge >= 0.3 is 6.09 Å². The average Bonchev–Trinajstić information content (AvgIpc) is 3.21. The molecule has 0 aliphatic carbocycles. The standard InChI is InChI=1S/C27H22ClN3O3/c1-17-2-7-21(8-3-17)34-27(32)31-14-12-22-23-16-19(28)6-11-24(23)30-25(22)26(31)18-4-9-20(10-5-18)33-15-13-29/h2-11,16,26,30H,12,14-15H2,1H3. The van der Waals surface area contributed by atoms with Gasteiger partial charge in [-0.05, 0) is 66.9 Å². The number of ether oxygens (including phenoxy) is 2. The molecule has 7 heteroatoms. The van der Waals surface area contributed by atoms with Gasteiger partial charge < -0.3 is 14.5 Å². The molecule has 4 aromatic rings. The number of fused-ring (bicyclic) bond motifs is 3. The molecular weight excluding hydrogens is 450 g/mol. The number of rotatable bonds is 4. The molecule has 1 N–H and O–H groups in total. The molecule has 0 radical (unpaired) electrons. The molecule has 1 aliphatic rings. The fourth-order valence-corrected chi connectivity index (χ4v) is 4.60. The second kappa shape index (κ2) is 9.12. The SMILES string of the molecule is Cc1ccc(OC(=O)N2CCc3c([nH]c4ccc(Cl)cc34)C2c2ccc(OCC#N)cc2)cc1. The highest BCUT2D eigenvalue weighted by Crippen LogP contribution is 2.40. The van der Waals surface area contributed by atoms with Crippen LogP contribution >= 0.6 is 11.6 Å². The van der Waals surface area contributed by atoms with Crippen molar-refractivity contribution in [3.63, 3.8) is 0 Å². The van der Waals surface area contributed by atoms with Crippen molar-refractivity contribution in [3.8, 4) is 17.6 Å². The third kappa shape index (κ3) is 4.18. The molecule has 2 heterocycles. The van der Waals surface area contributed by atoms with Crippen LogP contribution in [0.25, 0.3) is 10.9 Å². The van der Waals surface area contributed by atoms with Gasteiger partial charge in [0.1, 0.15) is 23.6 Å². The molecule has 0 saturated carbocycles. The van der Waals surface area contributed by atoms with E-state index in [1.54, 1.807) is 17.0 Å². The van der Waals surface area contributed by atoms with Crippen LogP contribution in [0.1, 0.15) is 28.4 Å². The summed E-state index contributed by atoms with van der Waals surface area (Å²) in [6.45, 7) is 2.46. The number of carbonyl (C=O) groups excluding carboxylic acids is 1. The zero-order valence-electron chi connectivity index (χ0n) is 18.5. The number of hydrogen-bond donors (Lipinski definition) is 1. The minimum Gasteiger partial charge on any atom is -0.479 e. The van der Waals surface area contributed by atoms with Crippen molar-refractivity contribution in [3.05, 3.63) is 94.1 Å². The molecule has 1 aromatic heterocycles. The van der Waals surface area contributed by atoms with Crippen LogP contribution in [0.4, 0.5) is 4.79 Å². The lowest BCUT2D eigenvalue weighted by Crippen LogP contribution is -2.42. The first-order valence-corrected chi connectivity index (χ1v) is 11.4. The first-order valence-electron chi connectivity index (χ1n) is 11.0. The molecule has 0 bridgehead atoms. The van der Waals surface area contributed by atoms with Crippen LogP contribution in [0, 0.1) is 18.3 Å². The van der Waals surface area contributed by atoms with E-state index in [0.717, 1.165) is 33.3 Å². The molecule has 1 atom stereocenters. The van der Waals surface area contributed by atoms with Gasteiger partial charge in [-0.25, -0.2) is 4.79 Å². The fourth-order valence-electron chi connectivity index (χ4n) is 4.43. The van der Waals surface area contributed by atoms with Crippen LogP contribution in [-0.2, 0) is 6.42 Å². The van der Waals surface area contributed by atoms with Gasteiger partial charge in [0.25, 0.3) is 0 Å². The van der Waals surface area contributed by atoms with E-state index in [-0.39, 0.29) is 12.6 Å². The van der Waals surface area contributed by atoms with Crippen LogP contribution in [0.15, 0.2) is 66.7 Å². The summed E-state index contributed by atoms with van der Waals surface area (Å²) in [6, 6.07) is 22.2. The second-order valence-electron chi connectivity index (χ2n) is 8.25. The van der Waals surface area contributed by atoms with Gasteiger partial charge in [0, 0.05) is 28.2 Å². The number of nitriles is 1. The van der Waals surface area contributed by atoms with E-state index < -0.39 is 6.09 Å². The molecule has 1 amide bonds. The van der Waals surface area contributed by atoms with Crippen LogP contribution in [0.2, 0.25) is 5.02 Å². The van der Waals surface area contributed by atoms with E-state index >= 15 is 0 Å². The molecule has 5 rings (SSSR count). The number of nitrogens with zero attached hydrogens (tertiary/aromatic N) is 2. The Kier molecular flexibility index (Phi) is 5.87. The van der Waals surface area contributed by atoms with Crippen LogP contribution < -0.4 is 9.47 Å². The number of nitrogens with one attached hydrogen (secondary N) is 1. The highest BCUT2D eigenvalue weighted by molar-refractivity contribution is 6.31. The number of halogens is 1. The average molecular weight is 472 g/mol. The van der Waals surface area contributed by atoms with Crippen molar-refractivity contribution in [1.29, 1.82) is 5.26 Å². The number of amides is 1. The number of benzene rings is 3. The van der Waals surface area contributed by atoms with Gasteiger partial charge in [-0.2, -0.15) is 5.26 Å². The number of hydrogen-bond acceptors (Lipinski definition) is 4. The van der Waals surface area contributed by atoms with Gasteiger partial charge in [0.2, 0.25) is 0 Å².